The van der Waals surface area contributed by atoms with Crippen molar-refractivity contribution in [2.24, 2.45) is 0 Å². The fourth-order valence-electron chi connectivity index (χ4n) is 3.36. The van der Waals surface area contributed by atoms with E-state index in [0.717, 1.165) is 38.8 Å². The highest BCUT2D eigenvalue weighted by atomic mass is 16.6. The third kappa shape index (κ3) is 5.34. The maximum Gasteiger partial charge on any atom is 0.269 e. The summed E-state index contributed by atoms with van der Waals surface area (Å²) >= 11 is 0. The summed E-state index contributed by atoms with van der Waals surface area (Å²) in [6.45, 7) is 3.03. The second-order valence-electron chi connectivity index (χ2n) is 7.25. The van der Waals surface area contributed by atoms with Gasteiger partial charge < -0.3 is 15.0 Å². The van der Waals surface area contributed by atoms with Crippen molar-refractivity contribution in [1.82, 2.24) is 4.90 Å². The molecule has 1 heterocycles. The van der Waals surface area contributed by atoms with Crippen LogP contribution in [-0.2, 0) is 4.79 Å². The molecule has 30 heavy (non-hydrogen) atoms. The van der Waals surface area contributed by atoms with Crippen LogP contribution in [0.5, 0.6) is 5.75 Å². The number of nitro groups is 1. The van der Waals surface area contributed by atoms with Crippen LogP contribution in [0, 0.1) is 10.1 Å². The molecule has 0 aliphatic carbocycles. The van der Waals surface area contributed by atoms with Crippen LogP contribution in [0.4, 0.5) is 11.4 Å². The quantitative estimate of drug-likeness (QED) is 0.571. The summed E-state index contributed by atoms with van der Waals surface area (Å²) in [6.07, 6.45) is 3.37. The second-order valence-corrected chi connectivity index (χ2v) is 7.25. The molecule has 2 aromatic rings. The zero-order valence-electron chi connectivity index (χ0n) is 16.9. The van der Waals surface area contributed by atoms with Crippen molar-refractivity contribution in [3.8, 4) is 5.75 Å². The lowest BCUT2D eigenvalue weighted by Crippen LogP contribution is -2.34. The molecule has 3 rings (SSSR count). The Morgan fingerprint density at radius 1 is 1.03 bits per heavy atom. The van der Waals surface area contributed by atoms with E-state index in [9.17, 15) is 19.7 Å². The molecule has 2 aromatic carbocycles. The largest absolute Gasteiger partial charge is 0.481 e. The number of nitrogens with one attached hydrogen (secondary N) is 1. The number of benzene rings is 2. The summed E-state index contributed by atoms with van der Waals surface area (Å²) in [4.78, 5) is 37.7. The molecule has 1 aliphatic heterocycles. The Morgan fingerprint density at radius 2 is 1.67 bits per heavy atom. The Bertz CT molecular complexity index is 905. The number of para-hydroxylation sites is 1. The maximum atomic E-state index is 13.0. The van der Waals surface area contributed by atoms with Crippen LogP contribution in [0.25, 0.3) is 0 Å². The molecule has 1 aliphatic rings. The number of likely N-dealkylation sites (tertiary alicyclic amines) is 1. The van der Waals surface area contributed by atoms with Crippen molar-refractivity contribution in [3.05, 3.63) is 64.2 Å². The predicted octanol–water partition coefficient (Wildman–Crippen LogP) is 4.02. The third-order valence-electron chi connectivity index (χ3n) is 5.04. The van der Waals surface area contributed by atoms with E-state index in [1.54, 1.807) is 31.2 Å². The minimum Gasteiger partial charge on any atom is -0.481 e. The van der Waals surface area contributed by atoms with Crippen molar-refractivity contribution in [2.75, 3.05) is 18.4 Å². The second kappa shape index (κ2) is 9.87. The number of non-ortho nitro benzene ring substituents is 1. The van der Waals surface area contributed by atoms with Gasteiger partial charge in [-0.2, -0.15) is 0 Å². The summed E-state index contributed by atoms with van der Waals surface area (Å²) < 4.78 is 5.59. The zero-order valence-corrected chi connectivity index (χ0v) is 16.9. The molecule has 1 atom stereocenters. The predicted molar refractivity (Wildman–Crippen MR) is 113 cm³/mol. The molecule has 0 unspecified atom stereocenters. The standard InChI is InChI=1S/C22H25N3O5/c1-16(30-18-12-10-17(11-13-18)25(28)29)21(26)23-20-9-5-4-8-19(20)22(27)24-14-6-2-3-7-15-24/h4-5,8-13,16H,2-3,6-7,14-15H2,1H3,(H,23,26)/t16-/m0/s1. The Labute approximate surface area is 175 Å². The average molecular weight is 411 g/mol. The van der Waals surface area contributed by atoms with Crippen LogP contribution in [0.15, 0.2) is 48.5 Å². The lowest BCUT2D eigenvalue weighted by atomic mass is 10.1. The lowest BCUT2D eigenvalue weighted by Gasteiger charge is -2.22. The van der Waals surface area contributed by atoms with Gasteiger partial charge in [0.05, 0.1) is 16.2 Å². The van der Waals surface area contributed by atoms with Gasteiger partial charge in [-0.15, -0.1) is 0 Å². The number of ether oxygens (including phenoxy) is 1. The van der Waals surface area contributed by atoms with E-state index < -0.39 is 16.9 Å². The molecule has 0 spiro atoms. The van der Waals surface area contributed by atoms with Crippen LogP contribution < -0.4 is 10.1 Å². The van der Waals surface area contributed by atoms with Gasteiger partial charge in [0.15, 0.2) is 6.10 Å². The van der Waals surface area contributed by atoms with Crippen LogP contribution in [0.1, 0.15) is 43.0 Å². The van der Waals surface area contributed by atoms with E-state index in [1.165, 1.54) is 24.3 Å². The molecule has 0 saturated carbocycles. The van der Waals surface area contributed by atoms with Gasteiger partial charge in [-0.1, -0.05) is 25.0 Å². The molecular formula is C22H25N3O5. The first-order valence-electron chi connectivity index (χ1n) is 10.1. The molecule has 0 bridgehead atoms. The molecule has 0 radical (unpaired) electrons. The van der Waals surface area contributed by atoms with Gasteiger partial charge in [-0.3, -0.25) is 19.7 Å². The Morgan fingerprint density at radius 3 is 2.30 bits per heavy atom. The summed E-state index contributed by atoms with van der Waals surface area (Å²) in [5.41, 5.74) is 0.839. The summed E-state index contributed by atoms with van der Waals surface area (Å²) in [6, 6.07) is 12.5. The molecule has 2 amide bonds. The van der Waals surface area contributed by atoms with E-state index >= 15 is 0 Å². The molecule has 1 saturated heterocycles. The minimum absolute atomic E-state index is 0.0552. The normalized spacial score (nSPS) is 15.0. The highest BCUT2D eigenvalue weighted by Gasteiger charge is 2.22. The number of carbonyl (C=O) groups excluding carboxylic acids is 2. The summed E-state index contributed by atoms with van der Waals surface area (Å²) in [5.74, 6) is -0.154. The summed E-state index contributed by atoms with van der Waals surface area (Å²) in [7, 11) is 0. The molecule has 1 N–H and O–H groups in total. The van der Waals surface area contributed by atoms with E-state index in [2.05, 4.69) is 5.32 Å². The average Bonchev–Trinajstić information content (AvgIpc) is 3.03. The van der Waals surface area contributed by atoms with E-state index in [-0.39, 0.29) is 11.6 Å². The van der Waals surface area contributed by atoms with Crippen molar-refractivity contribution >= 4 is 23.2 Å². The topological polar surface area (TPSA) is 102 Å². The highest BCUT2D eigenvalue weighted by molar-refractivity contribution is 6.04. The van der Waals surface area contributed by atoms with E-state index in [1.807, 2.05) is 4.90 Å². The Balaban J connectivity index is 1.67. The van der Waals surface area contributed by atoms with Crippen molar-refractivity contribution in [1.29, 1.82) is 0 Å². The smallest absolute Gasteiger partial charge is 0.269 e. The monoisotopic (exact) mass is 411 g/mol. The number of nitrogens with zero attached hydrogens (tertiary/aromatic N) is 2. The number of rotatable bonds is 6. The molecule has 8 nitrogen and oxygen atoms in total. The summed E-state index contributed by atoms with van der Waals surface area (Å²) in [5, 5.41) is 13.5. The lowest BCUT2D eigenvalue weighted by molar-refractivity contribution is -0.384. The van der Waals surface area contributed by atoms with Crippen LogP contribution in [0.2, 0.25) is 0 Å². The van der Waals surface area contributed by atoms with Gasteiger partial charge in [0, 0.05) is 25.2 Å². The number of anilines is 1. The van der Waals surface area contributed by atoms with Gasteiger partial charge in [0.25, 0.3) is 17.5 Å². The molecular weight excluding hydrogens is 386 g/mol. The Hall–Kier alpha value is -3.42. The molecule has 8 heteroatoms. The first kappa shape index (κ1) is 21.3. The van der Waals surface area contributed by atoms with Gasteiger partial charge in [0.2, 0.25) is 0 Å². The fourth-order valence-corrected chi connectivity index (χ4v) is 3.36. The zero-order chi connectivity index (χ0) is 21.5. The molecule has 158 valence electrons. The molecule has 0 aromatic heterocycles. The van der Waals surface area contributed by atoms with Crippen LogP contribution in [0.3, 0.4) is 0 Å². The minimum atomic E-state index is -0.854. The number of carbonyl (C=O) groups is 2. The number of hydrogen-bond donors (Lipinski definition) is 1. The molecule has 1 fully saturated rings. The first-order chi connectivity index (χ1) is 14.5. The number of hydrogen-bond acceptors (Lipinski definition) is 5. The van der Waals surface area contributed by atoms with Gasteiger partial charge in [0.1, 0.15) is 5.75 Å². The first-order valence-corrected chi connectivity index (χ1v) is 10.1. The maximum absolute atomic E-state index is 13.0. The van der Waals surface area contributed by atoms with E-state index in [4.69, 9.17) is 4.74 Å². The van der Waals surface area contributed by atoms with Crippen LogP contribution in [-0.4, -0.2) is 40.8 Å². The number of amides is 2. The highest BCUT2D eigenvalue weighted by Crippen LogP contribution is 2.22. The van der Waals surface area contributed by atoms with Crippen LogP contribution >= 0.6 is 0 Å². The van der Waals surface area contributed by atoms with Gasteiger partial charge in [-0.05, 0) is 44.0 Å². The third-order valence-corrected chi connectivity index (χ3v) is 5.04. The van der Waals surface area contributed by atoms with E-state index in [0.29, 0.717) is 17.0 Å². The number of nitro benzene ring substituents is 1. The van der Waals surface area contributed by atoms with Crippen molar-refractivity contribution in [2.45, 2.75) is 38.7 Å². The van der Waals surface area contributed by atoms with Gasteiger partial charge >= 0.3 is 0 Å². The SMILES string of the molecule is C[C@H](Oc1ccc([N+](=O)[O-])cc1)C(=O)Nc1ccccc1C(=O)N1CCCCCC1. The van der Waals surface area contributed by atoms with Crippen molar-refractivity contribution in [3.63, 3.8) is 0 Å². The Kier molecular flexibility index (Phi) is 7.00. The van der Waals surface area contributed by atoms with Crippen molar-refractivity contribution < 1.29 is 19.2 Å². The fraction of sp³-hybridized carbons (Fsp3) is 0.364. The van der Waals surface area contributed by atoms with Gasteiger partial charge in [-0.25, -0.2) is 0 Å².